The minimum Gasteiger partial charge on any atom is -0.451 e. The number of non-ortho nitro benzene ring substituents is 1. The summed E-state index contributed by atoms with van der Waals surface area (Å²) in [6, 6.07) is 14.8. The molecule has 0 fully saturated rings. The van der Waals surface area contributed by atoms with Gasteiger partial charge in [-0.05, 0) is 24.3 Å². The fraction of sp³-hybridized carbons (Fsp3) is 0.105. The number of esters is 1. The van der Waals surface area contributed by atoms with Crippen molar-refractivity contribution in [3.05, 3.63) is 63.5 Å². The van der Waals surface area contributed by atoms with Crippen LogP contribution in [-0.4, -0.2) is 29.2 Å². The van der Waals surface area contributed by atoms with Crippen molar-refractivity contribution in [2.45, 2.75) is 4.90 Å². The average molecular weight is 427 g/mol. The quantitative estimate of drug-likeness (QED) is 0.259. The Balaban J connectivity index is 1.62. The van der Waals surface area contributed by atoms with Crippen LogP contribution in [0.5, 0.6) is 0 Å². The zero-order valence-corrected chi connectivity index (χ0v) is 16.4. The molecule has 10 heteroatoms. The predicted octanol–water partition coefficient (Wildman–Crippen LogP) is 4.22. The summed E-state index contributed by atoms with van der Waals surface area (Å²) in [5.41, 5.74) is 0.463. The van der Waals surface area contributed by atoms with Crippen molar-refractivity contribution in [2.24, 2.45) is 0 Å². The van der Waals surface area contributed by atoms with Gasteiger partial charge in [0.1, 0.15) is 4.88 Å². The Labute approximate surface area is 173 Å². The maximum absolute atomic E-state index is 12.2. The molecule has 0 radical (unpaired) electrons. The van der Waals surface area contributed by atoms with E-state index in [4.69, 9.17) is 10.00 Å². The van der Waals surface area contributed by atoms with Gasteiger partial charge in [0, 0.05) is 27.1 Å². The second-order valence-corrected chi connectivity index (χ2v) is 7.76. The van der Waals surface area contributed by atoms with Gasteiger partial charge < -0.3 is 10.1 Å². The van der Waals surface area contributed by atoms with E-state index in [1.54, 1.807) is 30.3 Å². The number of nitro benzene ring substituents is 1. The molecule has 0 saturated carbocycles. The van der Waals surface area contributed by atoms with Crippen LogP contribution in [0, 0.1) is 21.4 Å². The third-order valence-corrected chi connectivity index (χ3v) is 5.74. The van der Waals surface area contributed by atoms with Gasteiger partial charge in [-0.3, -0.25) is 14.9 Å². The maximum atomic E-state index is 12.2. The van der Waals surface area contributed by atoms with E-state index < -0.39 is 23.4 Å². The number of nitrogens with one attached hydrogen (secondary N) is 1. The molecule has 0 bridgehead atoms. The molecule has 0 aliphatic heterocycles. The van der Waals surface area contributed by atoms with Gasteiger partial charge in [0.15, 0.2) is 6.61 Å². The van der Waals surface area contributed by atoms with E-state index >= 15 is 0 Å². The Morgan fingerprint density at radius 3 is 2.79 bits per heavy atom. The number of carbonyl (C=O) groups excluding carboxylic acids is 2. The Morgan fingerprint density at radius 1 is 1.24 bits per heavy atom. The lowest BCUT2D eigenvalue weighted by Crippen LogP contribution is -2.20. The number of hydrogen-bond acceptors (Lipinski definition) is 8. The highest BCUT2D eigenvalue weighted by Crippen LogP contribution is 2.29. The maximum Gasteiger partial charge on any atom is 0.348 e. The summed E-state index contributed by atoms with van der Waals surface area (Å²) >= 11 is 2.42. The van der Waals surface area contributed by atoms with E-state index in [1.807, 2.05) is 6.07 Å². The lowest BCUT2D eigenvalue weighted by molar-refractivity contribution is -0.384. The van der Waals surface area contributed by atoms with E-state index in [9.17, 15) is 19.7 Å². The molecular formula is C19H13N3O5S2. The highest BCUT2D eigenvalue weighted by atomic mass is 32.2. The fourth-order valence-corrected chi connectivity index (χ4v) is 4.05. The SMILES string of the molecule is N#CCSc1ccccc1NC(=O)COC(=O)c1cc2cc([N+](=O)[O-])ccc2s1. The molecule has 0 spiro atoms. The molecule has 0 aliphatic carbocycles. The second-order valence-electron chi connectivity index (χ2n) is 5.66. The fourth-order valence-electron chi connectivity index (χ4n) is 2.44. The molecule has 0 aliphatic rings. The van der Waals surface area contributed by atoms with Gasteiger partial charge in [-0.1, -0.05) is 12.1 Å². The third-order valence-electron chi connectivity index (χ3n) is 3.70. The number of thiophene rings is 1. The lowest BCUT2D eigenvalue weighted by atomic mass is 10.2. The van der Waals surface area contributed by atoms with Gasteiger partial charge in [0.25, 0.3) is 11.6 Å². The largest absolute Gasteiger partial charge is 0.451 e. The Hall–Kier alpha value is -3.42. The summed E-state index contributed by atoms with van der Waals surface area (Å²) in [7, 11) is 0. The number of rotatable bonds is 7. The summed E-state index contributed by atoms with van der Waals surface area (Å²) < 4.78 is 5.76. The average Bonchev–Trinajstić information content (AvgIpc) is 3.14. The number of fused-ring (bicyclic) bond motifs is 1. The summed E-state index contributed by atoms with van der Waals surface area (Å²) in [5, 5.41) is 22.8. The molecule has 1 amide bonds. The van der Waals surface area contributed by atoms with E-state index in [0.717, 1.165) is 16.2 Å². The van der Waals surface area contributed by atoms with Crippen LogP contribution in [0.15, 0.2) is 53.4 Å². The molecule has 0 saturated heterocycles. The highest BCUT2D eigenvalue weighted by molar-refractivity contribution is 7.99. The number of nitrogens with zero attached hydrogens (tertiary/aromatic N) is 2. The summed E-state index contributed by atoms with van der Waals surface area (Å²) in [6.07, 6.45) is 0. The summed E-state index contributed by atoms with van der Waals surface area (Å²) in [4.78, 5) is 35.7. The van der Waals surface area contributed by atoms with Gasteiger partial charge in [0.05, 0.1) is 22.4 Å². The minimum absolute atomic E-state index is 0.0671. The summed E-state index contributed by atoms with van der Waals surface area (Å²) in [5.74, 6) is -0.956. The first-order valence-electron chi connectivity index (χ1n) is 8.21. The van der Waals surface area contributed by atoms with Gasteiger partial charge in [-0.15, -0.1) is 23.1 Å². The first kappa shape index (κ1) is 20.3. The third kappa shape index (κ3) is 5.10. The predicted molar refractivity (Wildman–Crippen MR) is 110 cm³/mol. The smallest absolute Gasteiger partial charge is 0.348 e. The second kappa shape index (κ2) is 9.18. The normalized spacial score (nSPS) is 10.3. The Bertz CT molecular complexity index is 1140. The number of amides is 1. The molecule has 146 valence electrons. The van der Waals surface area contributed by atoms with E-state index in [1.165, 1.54) is 30.0 Å². The first-order chi connectivity index (χ1) is 14.0. The number of nitro groups is 1. The van der Waals surface area contributed by atoms with Crippen molar-refractivity contribution < 1.29 is 19.2 Å². The van der Waals surface area contributed by atoms with Crippen molar-refractivity contribution >= 4 is 56.4 Å². The number of hydrogen-bond donors (Lipinski definition) is 1. The van der Waals surface area contributed by atoms with Crippen LogP contribution in [0.3, 0.4) is 0 Å². The van der Waals surface area contributed by atoms with Crippen LogP contribution in [0.4, 0.5) is 11.4 Å². The molecule has 3 aromatic rings. The van der Waals surface area contributed by atoms with Gasteiger partial charge in [-0.2, -0.15) is 5.26 Å². The molecule has 1 heterocycles. The van der Waals surface area contributed by atoms with Crippen molar-refractivity contribution in [1.82, 2.24) is 0 Å². The van der Waals surface area contributed by atoms with Gasteiger partial charge in [0.2, 0.25) is 0 Å². The molecule has 3 rings (SSSR count). The molecule has 8 nitrogen and oxygen atoms in total. The summed E-state index contributed by atoms with van der Waals surface area (Å²) in [6.45, 7) is -0.482. The highest BCUT2D eigenvalue weighted by Gasteiger charge is 2.16. The van der Waals surface area contributed by atoms with Crippen molar-refractivity contribution in [3.8, 4) is 6.07 Å². The number of anilines is 1. The molecule has 0 unspecified atom stereocenters. The van der Waals surface area contributed by atoms with Crippen LogP contribution in [0.2, 0.25) is 0 Å². The van der Waals surface area contributed by atoms with Crippen molar-refractivity contribution in [2.75, 3.05) is 17.7 Å². The minimum atomic E-state index is -0.684. The number of para-hydroxylation sites is 1. The van der Waals surface area contributed by atoms with Crippen LogP contribution in [-0.2, 0) is 9.53 Å². The Morgan fingerprint density at radius 2 is 2.03 bits per heavy atom. The van der Waals surface area contributed by atoms with Crippen LogP contribution in [0.1, 0.15) is 9.67 Å². The number of ether oxygens (including phenoxy) is 1. The molecule has 0 atom stereocenters. The number of carbonyl (C=O) groups is 2. The Kier molecular flexibility index (Phi) is 6.43. The zero-order valence-electron chi connectivity index (χ0n) is 14.8. The number of benzene rings is 2. The van der Waals surface area contributed by atoms with E-state index in [-0.39, 0.29) is 16.3 Å². The zero-order chi connectivity index (χ0) is 20.8. The number of nitriles is 1. The first-order valence-corrected chi connectivity index (χ1v) is 10.0. The molecule has 29 heavy (non-hydrogen) atoms. The molecule has 1 aromatic heterocycles. The molecule has 1 N–H and O–H groups in total. The monoisotopic (exact) mass is 427 g/mol. The van der Waals surface area contributed by atoms with Crippen LogP contribution >= 0.6 is 23.1 Å². The van der Waals surface area contributed by atoms with Crippen LogP contribution < -0.4 is 5.32 Å². The van der Waals surface area contributed by atoms with E-state index in [0.29, 0.717) is 15.8 Å². The topological polar surface area (TPSA) is 122 Å². The van der Waals surface area contributed by atoms with Crippen LogP contribution in [0.25, 0.3) is 10.1 Å². The number of thioether (sulfide) groups is 1. The molecule has 2 aromatic carbocycles. The van der Waals surface area contributed by atoms with Crippen molar-refractivity contribution in [1.29, 1.82) is 5.26 Å². The van der Waals surface area contributed by atoms with Crippen molar-refractivity contribution in [3.63, 3.8) is 0 Å². The standard InChI is InChI=1S/C19H13N3O5S2/c20-7-8-28-16-4-2-1-3-14(16)21-18(23)11-27-19(24)17-10-12-9-13(22(25)26)5-6-15(12)29-17/h1-6,9-10H,8,11H2,(H,21,23). The van der Waals surface area contributed by atoms with Gasteiger partial charge in [-0.25, -0.2) is 4.79 Å². The lowest BCUT2D eigenvalue weighted by Gasteiger charge is -2.09. The van der Waals surface area contributed by atoms with E-state index in [2.05, 4.69) is 5.32 Å². The molecular weight excluding hydrogens is 414 g/mol. The van der Waals surface area contributed by atoms with Gasteiger partial charge >= 0.3 is 5.97 Å².